The highest BCUT2D eigenvalue weighted by atomic mass is 19.4. The van der Waals surface area contributed by atoms with Gasteiger partial charge in [0.05, 0.1) is 6.10 Å². The van der Waals surface area contributed by atoms with Crippen LogP contribution in [-0.2, 0) is 4.79 Å². The molecule has 3 rings (SSSR count). The first-order valence-electron chi connectivity index (χ1n) is 8.08. The molecule has 1 N–H and O–H groups in total. The molecule has 0 unspecified atom stereocenters. The van der Waals surface area contributed by atoms with Crippen LogP contribution in [0.1, 0.15) is 31.9 Å². The Balaban J connectivity index is 2.22. The third-order valence-electron chi connectivity index (χ3n) is 4.04. The second kappa shape index (κ2) is 6.55. The number of carbonyl (C=O) groups is 1. The molecule has 1 amide bonds. The number of carbonyl (C=O) groups excluding carboxylic acids is 1. The van der Waals surface area contributed by atoms with Gasteiger partial charge in [-0.2, -0.15) is 13.2 Å². The first-order chi connectivity index (χ1) is 11.8. The Hall–Kier alpha value is -2.28. The number of halogens is 3. The quantitative estimate of drug-likeness (QED) is 0.905. The predicted molar refractivity (Wildman–Crippen MR) is 88.0 cm³/mol. The van der Waals surface area contributed by atoms with Crippen molar-refractivity contribution in [1.82, 2.24) is 10.4 Å². The monoisotopic (exact) mass is 352 g/mol. The third kappa shape index (κ3) is 3.56. The normalized spacial score (nSPS) is 17.1. The first kappa shape index (κ1) is 17.5. The minimum atomic E-state index is -4.57. The average molecular weight is 352 g/mol. The van der Waals surface area contributed by atoms with Gasteiger partial charge >= 0.3 is 6.18 Å². The Morgan fingerprint density at radius 3 is 2.48 bits per heavy atom. The molecular weight excluding hydrogens is 333 g/mol. The van der Waals surface area contributed by atoms with Gasteiger partial charge in [0.15, 0.2) is 6.04 Å². The van der Waals surface area contributed by atoms with E-state index in [1.54, 1.807) is 50.2 Å². The molecule has 1 fully saturated rings. The number of nitrogens with zero attached hydrogens (tertiary/aromatic N) is 1. The number of ether oxygens (including phenoxy) is 1. The summed E-state index contributed by atoms with van der Waals surface area (Å²) in [5.41, 5.74) is 2.35. The molecule has 7 heteroatoms. The number of fused-ring (bicyclic) bond motifs is 1. The number of rotatable bonds is 4. The van der Waals surface area contributed by atoms with Crippen LogP contribution in [0.15, 0.2) is 36.4 Å². The molecular formula is C18H19F3N2O2. The summed E-state index contributed by atoms with van der Waals surface area (Å²) in [6.07, 6.45) is -4.81. The lowest BCUT2D eigenvalue weighted by molar-refractivity contribution is -0.191. The van der Waals surface area contributed by atoms with Crippen molar-refractivity contribution < 1.29 is 22.7 Å². The second-order valence-electron chi connectivity index (χ2n) is 6.29. The lowest BCUT2D eigenvalue weighted by Gasteiger charge is -2.31. The van der Waals surface area contributed by atoms with E-state index in [4.69, 9.17) is 4.74 Å². The zero-order valence-electron chi connectivity index (χ0n) is 13.9. The molecule has 0 aromatic heterocycles. The zero-order valence-corrected chi connectivity index (χ0v) is 13.9. The maximum Gasteiger partial charge on any atom is 0.410 e. The summed E-state index contributed by atoms with van der Waals surface area (Å²) in [5, 5.41) is 2.11. The Bertz CT molecular complexity index is 789. The number of nitrogens with one attached hydrogen (secondary N) is 1. The molecule has 1 saturated heterocycles. The fraction of sp³-hybridized carbons (Fsp3) is 0.389. The van der Waals surface area contributed by atoms with Crippen molar-refractivity contribution in [1.29, 1.82) is 0 Å². The van der Waals surface area contributed by atoms with Crippen LogP contribution >= 0.6 is 0 Å². The van der Waals surface area contributed by atoms with E-state index in [2.05, 4.69) is 5.43 Å². The summed E-state index contributed by atoms with van der Waals surface area (Å²) in [7, 11) is 0. The van der Waals surface area contributed by atoms with Gasteiger partial charge in [0.1, 0.15) is 5.75 Å². The molecule has 0 saturated carbocycles. The van der Waals surface area contributed by atoms with Crippen LogP contribution in [0.4, 0.5) is 13.2 Å². The van der Waals surface area contributed by atoms with Crippen LogP contribution in [0.2, 0.25) is 0 Å². The molecule has 1 aliphatic rings. The van der Waals surface area contributed by atoms with E-state index < -0.39 is 18.1 Å². The molecule has 2 aromatic carbocycles. The first-order valence-corrected chi connectivity index (χ1v) is 8.08. The number of hydrogen-bond donors (Lipinski definition) is 1. The largest absolute Gasteiger partial charge is 0.491 e. The highest BCUT2D eigenvalue weighted by Crippen LogP contribution is 2.45. The minimum Gasteiger partial charge on any atom is -0.491 e. The molecule has 1 aliphatic heterocycles. The lowest BCUT2D eigenvalue weighted by Crippen LogP contribution is -2.44. The third-order valence-corrected chi connectivity index (χ3v) is 4.04. The minimum absolute atomic E-state index is 0.00660. The van der Waals surface area contributed by atoms with Crippen LogP contribution in [-0.4, -0.2) is 29.7 Å². The highest BCUT2D eigenvalue weighted by molar-refractivity contribution is 5.88. The van der Waals surface area contributed by atoms with Crippen LogP contribution in [0, 0.1) is 0 Å². The van der Waals surface area contributed by atoms with Crippen molar-refractivity contribution in [3.63, 3.8) is 0 Å². The van der Waals surface area contributed by atoms with E-state index in [-0.39, 0.29) is 30.4 Å². The average Bonchev–Trinajstić information content (AvgIpc) is 2.93. The molecule has 134 valence electrons. The van der Waals surface area contributed by atoms with Crippen LogP contribution in [0.3, 0.4) is 0 Å². The van der Waals surface area contributed by atoms with E-state index in [1.807, 2.05) is 0 Å². The Morgan fingerprint density at radius 2 is 1.88 bits per heavy atom. The van der Waals surface area contributed by atoms with E-state index >= 15 is 0 Å². The van der Waals surface area contributed by atoms with Crippen molar-refractivity contribution >= 4 is 16.7 Å². The van der Waals surface area contributed by atoms with Gasteiger partial charge in [-0.25, -0.2) is 5.01 Å². The predicted octanol–water partition coefficient (Wildman–Crippen LogP) is 3.97. The van der Waals surface area contributed by atoms with Gasteiger partial charge in [0, 0.05) is 18.5 Å². The van der Waals surface area contributed by atoms with Gasteiger partial charge in [0.25, 0.3) is 0 Å². The second-order valence-corrected chi connectivity index (χ2v) is 6.29. The summed E-state index contributed by atoms with van der Waals surface area (Å²) in [6, 6.07) is 8.21. The molecule has 25 heavy (non-hydrogen) atoms. The van der Waals surface area contributed by atoms with Gasteiger partial charge < -0.3 is 4.74 Å². The molecule has 1 atom stereocenters. The maximum absolute atomic E-state index is 14.0. The number of hydrogen-bond acceptors (Lipinski definition) is 3. The van der Waals surface area contributed by atoms with Gasteiger partial charge in [-0.1, -0.05) is 30.3 Å². The molecule has 0 radical (unpaired) electrons. The van der Waals surface area contributed by atoms with Crippen molar-refractivity contribution in [3.8, 4) is 5.75 Å². The summed E-state index contributed by atoms with van der Waals surface area (Å²) in [5.74, 6) is -0.238. The van der Waals surface area contributed by atoms with Gasteiger partial charge in [-0.05, 0) is 30.7 Å². The summed E-state index contributed by atoms with van der Waals surface area (Å²) >= 11 is 0. The number of amides is 1. The SMILES string of the molecule is CC(C)Oc1ccc2ccccc2c1[C@H](N1CCC(=O)N1)C(F)(F)F. The number of benzene rings is 2. The number of alkyl halides is 3. The Morgan fingerprint density at radius 1 is 1.16 bits per heavy atom. The van der Waals surface area contributed by atoms with E-state index in [9.17, 15) is 18.0 Å². The number of hydrazine groups is 1. The van der Waals surface area contributed by atoms with Crippen LogP contribution in [0.25, 0.3) is 10.8 Å². The molecule has 1 heterocycles. The van der Waals surface area contributed by atoms with Gasteiger partial charge in [-0.15, -0.1) is 0 Å². The van der Waals surface area contributed by atoms with E-state index in [1.165, 1.54) is 0 Å². The standard InChI is InChI=1S/C18H19F3N2O2/c1-11(2)25-14-8-7-12-5-3-4-6-13(12)16(14)17(18(19,20)21)23-10-9-15(24)22-23/h3-8,11,17H,9-10H2,1-2H3,(H,22,24)/t17-/m0/s1. The highest BCUT2D eigenvalue weighted by Gasteiger charge is 2.49. The van der Waals surface area contributed by atoms with Crippen molar-refractivity contribution in [2.45, 2.75) is 38.6 Å². The fourth-order valence-electron chi connectivity index (χ4n) is 3.10. The maximum atomic E-state index is 14.0. The lowest BCUT2D eigenvalue weighted by atomic mass is 9.96. The summed E-state index contributed by atoms with van der Waals surface area (Å²) < 4.78 is 47.6. The van der Waals surface area contributed by atoms with Crippen molar-refractivity contribution in [2.75, 3.05) is 6.54 Å². The van der Waals surface area contributed by atoms with Gasteiger partial charge in [-0.3, -0.25) is 10.2 Å². The Kier molecular flexibility index (Phi) is 4.60. The Labute approximate surface area is 143 Å². The molecule has 0 bridgehead atoms. The fourth-order valence-corrected chi connectivity index (χ4v) is 3.10. The van der Waals surface area contributed by atoms with E-state index in [0.717, 1.165) is 5.01 Å². The van der Waals surface area contributed by atoms with E-state index in [0.29, 0.717) is 10.8 Å². The smallest absolute Gasteiger partial charge is 0.410 e. The zero-order chi connectivity index (χ0) is 18.2. The van der Waals surface area contributed by atoms with Crippen LogP contribution < -0.4 is 10.2 Å². The van der Waals surface area contributed by atoms with Crippen molar-refractivity contribution in [2.24, 2.45) is 0 Å². The topological polar surface area (TPSA) is 41.6 Å². The molecule has 0 aliphatic carbocycles. The summed E-state index contributed by atoms with van der Waals surface area (Å²) in [4.78, 5) is 11.5. The van der Waals surface area contributed by atoms with Crippen LogP contribution in [0.5, 0.6) is 5.75 Å². The molecule has 2 aromatic rings. The molecule has 0 spiro atoms. The van der Waals surface area contributed by atoms with Gasteiger partial charge in [0.2, 0.25) is 5.91 Å². The molecule has 4 nitrogen and oxygen atoms in total. The summed E-state index contributed by atoms with van der Waals surface area (Å²) in [6.45, 7) is 3.52. The van der Waals surface area contributed by atoms with Crippen molar-refractivity contribution in [3.05, 3.63) is 42.0 Å².